The van der Waals surface area contributed by atoms with Crippen LogP contribution in [-0.2, 0) is 4.74 Å². The molecule has 3 nitrogen and oxygen atoms in total. The van der Waals surface area contributed by atoms with Crippen LogP contribution in [0.3, 0.4) is 0 Å². The lowest BCUT2D eigenvalue weighted by molar-refractivity contribution is 0.0136. The summed E-state index contributed by atoms with van der Waals surface area (Å²) in [6, 6.07) is 0.761. The van der Waals surface area contributed by atoms with Crippen LogP contribution >= 0.6 is 0 Å². The Labute approximate surface area is 101 Å². The second kappa shape index (κ2) is 8.97. The fourth-order valence-corrected chi connectivity index (χ4v) is 2.24. The summed E-state index contributed by atoms with van der Waals surface area (Å²) in [5.41, 5.74) is 0. The van der Waals surface area contributed by atoms with Gasteiger partial charge in [-0.2, -0.15) is 0 Å². The largest absolute Gasteiger partial charge is 0.392 e. The van der Waals surface area contributed by atoms with E-state index in [-0.39, 0.29) is 12.1 Å². The molecular formula is C13H29NO2. The Bertz CT molecular complexity index is 160. The molecule has 0 aromatic rings. The number of methoxy groups -OCH3 is 1. The van der Waals surface area contributed by atoms with Crippen molar-refractivity contribution in [2.45, 2.75) is 65.1 Å². The van der Waals surface area contributed by atoms with E-state index in [1.165, 1.54) is 0 Å². The number of ether oxygens (including phenoxy) is 1. The van der Waals surface area contributed by atoms with E-state index in [1.807, 2.05) is 6.92 Å². The van der Waals surface area contributed by atoms with E-state index in [9.17, 15) is 5.11 Å². The Balaban J connectivity index is 4.49. The van der Waals surface area contributed by atoms with Crippen molar-refractivity contribution >= 4 is 0 Å². The monoisotopic (exact) mass is 231 g/mol. The summed E-state index contributed by atoms with van der Waals surface area (Å²) in [5, 5.41) is 9.95. The van der Waals surface area contributed by atoms with Crippen LogP contribution in [0.4, 0.5) is 0 Å². The van der Waals surface area contributed by atoms with Gasteiger partial charge in [0, 0.05) is 25.7 Å². The van der Waals surface area contributed by atoms with E-state index >= 15 is 0 Å². The van der Waals surface area contributed by atoms with Gasteiger partial charge in [0.2, 0.25) is 0 Å². The van der Waals surface area contributed by atoms with Crippen LogP contribution in [0.15, 0.2) is 0 Å². The van der Waals surface area contributed by atoms with Gasteiger partial charge in [0.15, 0.2) is 0 Å². The molecule has 1 N–H and O–H groups in total. The fraction of sp³-hybridized carbons (Fsp3) is 1.00. The van der Waals surface area contributed by atoms with Crippen LogP contribution in [0.2, 0.25) is 0 Å². The van der Waals surface area contributed by atoms with Crippen molar-refractivity contribution in [1.29, 1.82) is 0 Å². The van der Waals surface area contributed by atoms with Crippen molar-refractivity contribution in [3.63, 3.8) is 0 Å². The average Bonchev–Trinajstić information content (AvgIpc) is 2.32. The summed E-state index contributed by atoms with van der Waals surface area (Å²) in [6.45, 7) is 10.2. The fourth-order valence-electron chi connectivity index (χ4n) is 2.24. The molecule has 0 aliphatic carbocycles. The summed E-state index contributed by atoms with van der Waals surface area (Å²) >= 11 is 0. The number of hydrogen-bond acceptors (Lipinski definition) is 3. The predicted octanol–water partition coefficient (Wildman–Crippen LogP) is 2.28. The van der Waals surface area contributed by atoms with Gasteiger partial charge >= 0.3 is 0 Å². The van der Waals surface area contributed by atoms with E-state index in [0.29, 0.717) is 6.04 Å². The quantitative estimate of drug-likeness (QED) is 0.661. The molecule has 16 heavy (non-hydrogen) atoms. The molecule has 0 spiro atoms. The maximum atomic E-state index is 9.95. The van der Waals surface area contributed by atoms with Gasteiger partial charge in [-0.15, -0.1) is 0 Å². The number of nitrogens with zero attached hydrogens (tertiary/aromatic N) is 1. The summed E-state index contributed by atoms with van der Waals surface area (Å²) in [7, 11) is 1.73. The van der Waals surface area contributed by atoms with Gasteiger partial charge in [0.1, 0.15) is 0 Å². The molecular weight excluding hydrogens is 202 g/mol. The minimum atomic E-state index is -0.238. The molecule has 0 aliphatic rings. The first-order chi connectivity index (χ1) is 7.62. The van der Waals surface area contributed by atoms with Crippen molar-refractivity contribution in [3.05, 3.63) is 0 Å². The van der Waals surface area contributed by atoms with Crippen LogP contribution in [0.1, 0.15) is 47.0 Å². The molecule has 0 amide bonds. The lowest BCUT2D eigenvalue weighted by atomic mass is 10.0. The zero-order valence-electron chi connectivity index (χ0n) is 11.6. The highest BCUT2D eigenvalue weighted by atomic mass is 16.5. The number of aliphatic hydroxyl groups is 1. The molecule has 0 bridgehead atoms. The second-order valence-electron chi connectivity index (χ2n) is 4.42. The molecule has 0 aliphatic heterocycles. The molecule has 0 fully saturated rings. The number of rotatable bonds is 9. The molecule has 0 radical (unpaired) electrons. The van der Waals surface area contributed by atoms with Crippen LogP contribution in [0, 0.1) is 0 Å². The molecule has 0 saturated heterocycles. The molecule has 2 atom stereocenters. The molecule has 3 heteroatoms. The van der Waals surface area contributed by atoms with E-state index in [1.54, 1.807) is 7.11 Å². The smallest absolute Gasteiger partial charge is 0.0690 e. The summed E-state index contributed by atoms with van der Waals surface area (Å²) in [4.78, 5) is 2.39. The number of hydrogen-bond donors (Lipinski definition) is 1. The maximum absolute atomic E-state index is 9.95. The Morgan fingerprint density at radius 3 is 2.06 bits per heavy atom. The molecule has 2 unspecified atom stereocenters. The van der Waals surface area contributed by atoms with Gasteiger partial charge in [0.25, 0.3) is 0 Å². The van der Waals surface area contributed by atoms with Gasteiger partial charge in [-0.05, 0) is 26.2 Å². The zero-order chi connectivity index (χ0) is 12.6. The summed E-state index contributed by atoms with van der Waals surface area (Å²) in [5.74, 6) is 0. The van der Waals surface area contributed by atoms with Crippen molar-refractivity contribution in [1.82, 2.24) is 4.90 Å². The van der Waals surface area contributed by atoms with Crippen molar-refractivity contribution in [2.24, 2.45) is 0 Å². The first-order valence-corrected chi connectivity index (χ1v) is 6.54. The molecule has 0 heterocycles. The maximum Gasteiger partial charge on any atom is 0.0690 e. The third kappa shape index (κ3) is 4.81. The lowest BCUT2D eigenvalue weighted by Gasteiger charge is -2.37. The zero-order valence-corrected chi connectivity index (χ0v) is 11.6. The molecule has 0 aromatic heterocycles. The van der Waals surface area contributed by atoms with Crippen LogP contribution in [-0.4, -0.2) is 48.5 Å². The highest BCUT2D eigenvalue weighted by molar-refractivity contribution is 4.79. The SMILES string of the molecule is CCC(O)C(C)N(CCOC)C(CC)CC. The minimum Gasteiger partial charge on any atom is -0.392 e. The van der Waals surface area contributed by atoms with Crippen molar-refractivity contribution in [3.8, 4) is 0 Å². The Morgan fingerprint density at radius 1 is 1.12 bits per heavy atom. The highest BCUT2D eigenvalue weighted by Crippen LogP contribution is 2.16. The molecule has 0 aromatic carbocycles. The van der Waals surface area contributed by atoms with E-state index < -0.39 is 0 Å². The van der Waals surface area contributed by atoms with Gasteiger partial charge in [-0.25, -0.2) is 0 Å². The second-order valence-corrected chi connectivity index (χ2v) is 4.42. The van der Waals surface area contributed by atoms with E-state index in [4.69, 9.17) is 4.74 Å². The molecule has 98 valence electrons. The first kappa shape index (κ1) is 15.9. The average molecular weight is 231 g/mol. The predicted molar refractivity (Wildman–Crippen MR) is 68.7 cm³/mol. The van der Waals surface area contributed by atoms with E-state index in [2.05, 4.69) is 25.7 Å². The Kier molecular flexibility index (Phi) is 8.90. The Hall–Kier alpha value is -0.120. The van der Waals surface area contributed by atoms with Crippen LogP contribution in [0.5, 0.6) is 0 Å². The van der Waals surface area contributed by atoms with Gasteiger partial charge in [-0.3, -0.25) is 4.90 Å². The first-order valence-electron chi connectivity index (χ1n) is 6.54. The topological polar surface area (TPSA) is 32.7 Å². The van der Waals surface area contributed by atoms with E-state index in [0.717, 1.165) is 32.4 Å². The van der Waals surface area contributed by atoms with Gasteiger partial charge in [-0.1, -0.05) is 20.8 Å². The minimum absolute atomic E-state index is 0.213. The standard InChI is InChI=1S/C13H29NO2/c1-6-12(7-2)14(9-10-16-5)11(4)13(15)8-3/h11-13,15H,6-10H2,1-5H3. The summed E-state index contributed by atoms with van der Waals surface area (Å²) in [6.07, 6.45) is 2.82. The van der Waals surface area contributed by atoms with Crippen LogP contribution in [0.25, 0.3) is 0 Å². The third-order valence-corrected chi connectivity index (χ3v) is 3.46. The molecule has 0 rings (SSSR count). The lowest BCUT2D eigenvalue weighted by Crippen LogP contribution is -2.48. The summed E-state index contributed by atoms with van der Waals surface area (Å²) < 4.78 is 5.15. The normalized spacial score (nSPS) is 15.8. The van der Waals surface area contributed by atoms with Crippen LogP contribution < -0.4 is 0 Å². The third-order valence-electron chi connectivity index (χ3n) is 3.46. The van der Waals surface area contributed by atoms with Gasteiger partial charge < -0.3 is 9.84 Å². The van der Waals surface area contributed by atoms with Gasteiger partial charge in [0.05, 0.1) is 12.7 Å². The van der Waals surface area contributed by atoms with Crippen molar-refractivity contribution < 1.29 is 9.84 Å². The van der Waals surface area contributed by atoms with Crippen molar-refractivity contribution in [2.75, 3.05) is 20.3 Å². The molecule has 0 saturated carbocycles. The number of aliphatic hydroxyl groups excluding tert-OH is 1. The highest BCUT2D eigenvalue weighted by Gasteiger charge is 2.25. The Morgan fingerprint density at radius 2 is 1.69 bits per heavy atom.